The number of hydrogen-bond acceptors (Lipinski definition) is 8. The molecule has 1 saturated carbocycles. The number of hydrogen-bond donors (Lipinski definition) is 3. The molecule has 0 unspecified atom stereocenters. The summed E-state index contributed by atoms with van der Waals surface area (Å²) in [7, 11) is -3.36. The molecule has 1 saturated heterocycles. The van der Waals surface area contributed by atoms with Crippen molar-refractivity contribution in [3.63, 3.8) is 0 Å². The van der Waals surface area contributed by atoms with Crippen LogP contribution in [-0.2, 0) is 19.3 Å². The zero-order valence-corrected chi connectivity index (χ0v) is 19.4. The summed E-state index contributed by atoms with van der Waals surface area (Å²) < 4.78 is 30.0. The molecule has 10 nitrogen and oxygen atoms in total. The molecule has 0 bridgehead atoms. The highest BCUT2D eigenvalue weighted by atomic mass is 32.2. The predicted molar refractivity (Wildman–Crippen MR) is 125 cm³/mol. The summed E-state index contributed by atoms with van der Waals surface area (Å²) in [4.78, 5) is 23.4. The summed E-state index contributed by atoms with van der Waals surface area (Å²) in [5.41, 5.74) is 1.83. The number of anilines is 2. The largest absolute Gasteiger partial charge is 0.395 e. The van der Waals surface area contributed by atoms with Gasteiger partial charge in [-0.1, -0.05) is 0 Å². The van der Waals surface area contributed by atoms with Gasteiger partial charge < -0.3 is 25.4 Å². The molecule has 2 amide bonds. The van der Waals surface area contributed by atoms with Crippen LogP contribution < -0.4 is 15.5 Å². The fraction of sp³-hybridized carbons (Fsp3) is 0.500. The molecule has 1 aliphatic carbocycles. The first-order chi connectivity index (χ1) is 15.8. The fourth-order valence-electron chi connectivity index (χ4n) is 4.11. The SMILES string of the molecule is CS(=O)(=O)C1(c2cc(N3CCOCC3)nc(-c3ccc(NC(=O)NCCO)cc3)n2)CCC1. The molecular formula is C22H29N5O5S. The standard InChI is InChI=1S/C22H29N5O5S/c1-33(30,31)22(7-2-8-22)18-15-19(27-10-13-32-14-11-27)26-20(25-18)16-3-5-17(6-4-16)24-21(29)23-9-12-28/h3-6,15,28H,2,7-14H2,1H3,(H2,23,24,29). The third-order valence-corrected chi connectivity index (χ3v) is 8.22. The average Bonchev–Trinajstić information content (AvgIpc) is 2.77. The number of nitrogens with zero attached hydrogens (tertiary/aromatic N) is 3. The Bertz CT molecular complexity index is 1100. The fourth-order valence-corrected chi connectivity index (χ4v) is 5.63. The van der Waals surface area contributed by atoms with Crippen LogP contribution in [-0.4, -0.2) is 75.2 Å². The molecule has 2 aliphatic rings. The molecule has 0 radical (unpaired) electrons. The van der Waals surface area contributed by atoms with Crippen molar-refractivity contribution in [2.45, 2.75) is 24.0 Å². The maximum atomic E-state index is 12.7. The second-order valence-corrected chi connectivity index (χ2v) is 10.7. The Balaban J connectivity index is 1.68. The first kappa shape index (κ1) is 23.4. The molecule has 0 atom stereocenters. The van der Waals surface area contributed by atoms with Gasteiger partial charge in [-0.3, -0.25) is 0 Å². The number of urea groups is 1. The van der Waals surface area contributed by atoms with Gasteiger partial charge in [0.15, 0.2) is 15.7 Å². The molecule has 33 heavy (non-hydrogen) atoms. The molecule has 1 aromatic carbocycles. The number of carbonyl (C=O) groups is 1. The van der Waals surface area contributed by atoms with Crippen molar-refractivity contribution in [3.05, 3.63) is 36.0 Å². The highest BCUT2D eigenvalue weighted by Crippen LogP contribution is 2.48. The summed E-state index contributed by atoms with van der Waals surface area (Å²) in [6.07, 6.45) is 3.23. The van der Waals surface area contributed by atoms with Gasteiger partial charge in [0.05, 0.1) is 25.5 Å². The molecule has 0 spiro atoms. The predicted octanol–water partition coefficient (Wildman–Crippen LogP) is 1.52. The number of nitrogens with one attached hydrogen (secondary N) is 2. The molecule has 2 aromatic rings. The first-order valence-electron chi connectivity index (χ1n) is 11.0. The highest BCUT2D eigenvalue weighted by Gasteiger charge is 2.49. The number of morpholine rings is 1. The zero-order valence-electron chi connectivity index (χ0n) is 18.6. The van der Waals surface area contributed by atoms with Gasteiger partial charge in [0.25, 0.3) is 0 Å². The summed E-state index contributed by atoms with van der Waals surface area (Å²) >= 11 is 0. The summed E-state index contributed by atoms with van der Waals surface area (Å²) in [5.74, 6) is 1.14. The minimum absolute atomic E-state index is 0.138. The van der Waals surface area contributed by atoms with Crippen LogP contribution in [0.25, 0.3) is 11.4 Å². The number of aliphatic hydroxyl groups excluding tert-OH is 1. The molecule has 11 heteroatoms. The van der Waals surface area contributed by atoms with Crippen molar-refractivity contribution < 1.29 is 23.1 Å². The maximum Gasteiger partial charge on any atom is 0.319 e. The normalized spacial score (nSPS) is 17.8. The third kappa shape index (κ3) is 4.94. The Labute approximate surface area is 193 Å². The van der Waals surface area contributed by atoms with E-state index in [9.17, 15) is 13.2 Å². The van der Waals surface area contributed by atoms with Gasteiger partial charge in [-0.25, -0.2) is 23.2 Å². The Morgan fingerprint density at radius 1 is 1.18 bits per heavy atom. The lowest BCUT2D eigenvalue weighted by molar-refractivity contribution is 0.122. The number of sulfone groups is 1. The van der Waals surface area contributed by atoms with Crippen molar-refractivity contribution in [1.82, 2.24) is 15.3 Å². The Morgan fingerprint density at radius 2 is 1.88 bits per heavy atom. The van der Waals surface area contributed by atoms with Gasteiger partial charge in [0.2, 0.25) is 0 Å². The van der Waals surface area contributed by atoms with E-state index in [1.54, 1.807) is 24.3 Å². The van der Waals surface area contributed by atoms with E-state index in [-0.39, 0.29) is 13.2 Å². The van der Waals surface area contributed by atoms with E-state index in [0.29, 0.717) is 62.2 Å². The average molecular weight is 476 g/mol. The number of amides is 2. The van der Waals surface area contributed by atoms with Crippen molar-refractivity contribution in [1.29, 1.82) is 0 Å². The number of aliphatic hydroxyl groups is 1. The second-order valence-electron chi connectivity index (χ2n) is 8.34. The number of rotatable bonds is 7. The van der Waals surface area contributed by atoms with Crippen LogP contribution in [0.3, 0.4) is 0 Å². The van der Waals surface area contributed by atoms with Crippen molar-refractivity contribution >= 4 is 27.4 Å². The van der Waals surface area contributed by atoms with E-state index in [0.717, 1.165) is 12.0 Å². The summed E-state index contributed by atoms with van der Waals surface area (Å²) in [5, 5.41) is 14.0. The molecule has 1 aliphatic heterocycles. The van der Waals surface area contributed by atoms with E-state index in [1.807, 2.05) is 6.07 Å². The zero-order chi connectivity index (χ0) is 23.5. The van der Waals surface area contributed by atoms with Crippen LogP contribution in [0.15, 0.2) is 30.3 Å². The molecule has 2 heterocycles. The first-order valence-corrected chi connectivity index (χ1v) is 12.9. The molecule has 3 N–H and O–H groups in total. The Kier molecular flexibility index (Phi) is 6.82. The lowest BCUT2D eigenvalue weighted by Crippen LogP contribution is -2.43. The lowest BCUT2D eigenvalue weighted by Gasteiger charge is -2.40. The van der Waals surface area contributed by atoms with Gasteiger partial charge in [0, 0.05) is 43.2 Å². The van der Waals surface area contributed by atoms with Crippen molar-refractivity contribution in [3.8, 4) is 11.4 Å². The quantitative estimate of drug-likeness (QED) is 0.549. The third-order valence-electron chi connectivity index (χ3n) is 6.18. The molecule has 4 rings (SSSR count). The number of benzene rings is 1. The van der Waals surface area contributed by atoms with E-state index in [2.05, 4.69) is 15.5 Å². The van der Waals surface area contributed by atoms with Crippen molar-refractivity contribution in [2.75, 3.05) is 55.9 Å². The number of aromatic nitrogens is 2. The Morgan fingerprint density at radius 3 is 2.45 bits per heavy atom. The van der Waals surface area contributed by atoms with E-state index in [1.165, 1.54) is 6.26 Å². The van der Waals surface area contributed by atoms with Crippen LogP contribution in [0.4, 0.5) is 16.3 Å². The summed E-state index contributed by atoms with van der Waals surface area (Å²) in [6, 6.07) is 8.44. The second kappa shape index (κ2) is 9.62. The maximum absolute atomic E-state index is 12.7. The van der Waals surface area contributed by atoms with Crippen LogP contribution in [0, 0.1) is 0 Å². The van der Waals surface area contributed by atoms with Gasteiger partial charge in [-0.05, 0) is 43.5 Å². The highest BCUT2D eigenvalue weighted by molar-refractivity contribution is 7.91. The van der Waals surface area contributed by atoms with Gasteiger partial charge in [0.1, 0.15) is 10.6 Å². The number of ether oxygens (including phenoxy) is 1. The van der Waals surface area contributed by atoms with Gasteiger partial charge in [-0.15, -0.1) is 0 Å². The van der Waals surface area contributed by atoms with Crippen LogP contribution >= 0.6 is 0 Å². The van der Waals surface area contributed by atoms with Crippen molar-refractivity contribution in [2.24, 2.45) is 0 Å². The van der Waals surface area contributed by atoms with E-state index in [4.69, 9.17) is 19.8 Å². The van der Waals surface area contributed by atoms with E-state index >= 15 is 0 Å². The van der Waals surface area contributed by atoms with Crippen LogP contribution in [0.2, 0.25) is 0 Å². The molecule has 1 aromatic heterocycles. The molecule has 178 valence electrons. The smallest absolute Gasteiger partial charge is 0.319 e. The molecule has 2 fully saturated rings. The van der Waals surface area contributed by atoms with Crippen LogP contribution in [0.5, 0.6) is 0 Å². The minimum atomic E-state index is -3.36. The van der Waals surface area contributed by atoms with E-state index < -0.39 is 20.6 Å². The lowest BCUT2D eigenvalue weighted by atomic mass is 9.81. The monoisotopic (exact) mass is 475 g/mol. The number of carbonyl (C=O) groups excluding carboxylic acids is 1. The van der Waals surface area contributed by atoms with Gasteiger partial charge in [-0.2, -0.15) is 0 Å². The minimum Gasteiger partial charge on any atom is -0.395 e. The topological polar surface area (TPSA) is 134 Å². The van der Waals surface area contributed by atoms with Crippen LogP contribution in [0.1, 0.15) is 25.0 Å². The molecular weight excluding hydrogens is 446 g/mol. The van der Waals surface area contributed by atoms with Gasteiger partial charge >= 0.3 is 6.03 Å². The summed E-state index contributed by atoms with van der Waals surface area (Å²) in [6.45, 7) is 2.55. The Hall–Kier alpha value is -2.76.